The molecular formula is C22H26BrClN2O2S. The summed E-state index contributed by atoms with van der Waals surface area (Å²) in [5.41, 5.74) is 1.97. The van der Waals surface area contributed by atoms with E-state index in [1.807, 2.05) is 56.3 Å². The number of hydrogen-bond donors (Lipinski definition) is 1. The average Bonchev–Trinajstić information content (AvgIpc) is 2.67. The molecule has 2 amide bonds. The Hall–Kier alpha value is -1.50. The predicted molar refractivity (Wildman–Crippen MR) is 125 cm³/mol. The van der Waals surface area contributed by atoms with Crippen LogP contribution in [0.1, 0.15) is 31.9 Å². The van der Waals surface area contributed by atoms with Crippen LogP contribution in [0.3, 0.4) is 0 Å². The molecule has 0 saturated carbocycles. The van der Waals surface area contributed by atoms with Gasteiger partial charge in [-0.2, -0.15) is 0 Å². The fourth-order valence-electron chi connectivity index (χ4n) is 2.72. The molecule has 2 aromatic rings. The lowest BCUT2D eigenvalue weighted by Gasteiger charge is -2.29. The van der Waals surface area contributed by atoms with E-state index in [-0.39, 0.29) is 17.9 Å². The monoisotopic (exact) mass is 496 g/mol. The van der Waals surface area contributed by atoms with Gasteiger partial charge in [0.2, 0.25) is 11.8 Å². The van der Waals surface area contributed by atoms with Crippen LogP contribution in [0.5, 0.6) is 0 Å². The highest BCUT2D eigenvalue weighted by atomic mass is 79.9. The van der Waals surface area contributed by atoms with Gasteiger partial charge in [0.25, 0.3) is 0 Å². The second-order valence-electron chi connectivity index (χ2n) is 7.07. The van der Waals surface area contributed by atoms with Crippen molar-refractivity contribution in [3.8, 4) is 0 Å². The molecule has 2 rings (SSSR count). The number of halogens is 2. The number of hydrogen-bond acceptors (Lipinski definition) is 3. The van der Waals surface area contributed by atoms with Gasteiger partial charge in [-0.3, -0.25) is 9.59 Å². The molecule has 0 aliphatic carbocycles. The zero-order valence-electron chi connectivity index (χ0n) is 16.8. The molecule has 0 unspecified atom stereocenters. The van der Waals surface area contributed by atoms with Gasteiger partial charge in [-0.15, -0.1) is 11.8 Å². The first-order chi connectivity index (χ1) is 13.8. The molecule has 2 aromatic carbocycles. The number of nitrogens with one attached hydrogen (secondary N) is 1. The quantitative estimate of drug-likeness (QED) is 0.513. The summed E-state index contributed by atoms with van der Waals surface area (Å²) in [4.78, 5) is 27.2. The Bertz CT molecular complexity index is 830. The van der Waals surface area contributed by atoms with Crippen molar-refractivity contribution >= 4 is 51.1 Å². The summed E-state index contributed by atoms with van der Waals surface area (Å²) < 4.78 is 1.03. The van der Waals surface area contributed by atoms with E-state index in [2.05, 4.69) is 21.2 Å². The normalized spacial score (nSPS) is 11.9. The number of rotatable bonds is 9. The highest BCUT2D eigenvalue weighted by molar-refractivity contribution is 9.10. The van der Waals surface area contributed by atoms with Crippen molar-refractivity contribution in [2.75, 3.05) is 5.75 Å². The molecule has 0 fully saturated rings. The van der Waals surface area contributed by atoms with E-state index in [1.54, 1.807) is 17.9 Å². The minimum Gasteiger partial charge on any atom is -0.352 e. The van der Waals surface area contributed by atoms with Gasteiger partial charge in [-0.05, 0) is 50.1 Å². The molecule has 0 aliphatic rings. The molecule has 0 saturated heterocycles. The Kier molecular flexibility index (Phi) is 9.53. The van der Waals surface area contributed by atoms with Crippen molar-refractivity contribution in [2.24, 2.45) is 0 Å². The van der Waals surface area contributed by atoms with E-state index in [1.165, 1.54) is 11.8 Å². The van der Waals surface area contributed by atoms with Crippen LogP contribution in [-0.2, 0) is 21.9 Å². The third-order valence-electron chi connectivity index (χ3n) is 4.30. The van der Waals surface area contributed by atoms with Crippen LogP contribution >= 0.6 is 39.3 Å². The summed E-state index contributed by atoms with van der Waals surface area (Å²) in [6, 6.07) is 14.9. The average molecular weight is 498 g/mol. The molecule has 0 heterocycles. The maximum absolute atomic E-state index is 13.0. The molecule has 4 nitrogen and oxygen atoms in total. The van der Waals surface area contributed by atoms with Crippen molar-refractivity contribution in [3.63, 3.8) is 0 Å². The molecule has 7 heteroatoms. The highest BCUT2D eigenvalue weighted by Crippen LogP contribution is 2.21. The van der Waals surface area contributed by atoms with Gasteiger partial charge in [0.1, 0.15) is 6.04 Å². The first kappa shape index (κ1) is 23.8. The van der Waals surface area contributed by atoms with Crippen molar-refractivity contribution in [1.29, 1.82) is 0 Å². The van der Waals surface area contributed by atoms with Crippen molar-refractivity contribution in [1.82, 2.24) is 10.2 Å². The Morgan fingerprint density at radius 2 is 1.76 bits per heavy atom. The van der Waals surface area contributed by atoms with Crippen molar-refractivity contribution in [2.45, 2.75) is 45.2 Å². The zero-order chi connectivity index (χ0) is 21.4. The van der Waals surface area contributed by atoms with Gasteiger partial charge < -0.3 is 10.2 Å². The Morgan fingerprint density at radius 1 is 1.10 bits per heavy atom. The van der Waals surface area contributed by atoms with Crippen LogP contribution in [-0.4, -0.2) is 34.6 Å². The minimum absolute atomic E-state index is 0.00833. The number of carbonyl (C=O) groups is 2. The maximum atomic E-state index is 13.0. The van der Waals surface area contributed by atoms with E-state index in [9.17, 15) is 9.59 Å². The number of nitrogens with zero attached hydrogens (tertiary/aromatic N) is 1. The van der Waals surface area contributed by atoms with Crippen LogP contribution in [0.2, 0.25) is 5.02 Å². The Morgan fingerprint density at radius 3 is 2.38 bits per heavy atom. The van der Waals surface area contributed by atoms with Crippen LogP contribution in [0.25, 0.3) is 0 Å². The second-order valence-corrected chi connectivity index (χ2v) is 9.38. The summed E-state index contributed by atoms with van der Waals surface area (Å²) in [6.07, 6.45) is 0. The van der Waals surface area contributed by atoms with Gasteiger partial charge in [-0.1, -0.05) is 57.9 Å². The molecule has 1 atom stereocenters. The molecule has 0 bridgehead atoms. The number of thioether (sulfide) groups is 1. The van der Waals surface area contributed by atoms with E-state index in [0.29, 0.717) is 17.3 Å². The first-order valence-corrected chi connectivity index (χ1v) is 11.8. The standard InChI is InChI=1S/C22H26BrClN2O2S/c1-15(2)25-22(28)16(3)26(12-18-6-4-5-7-20(18)24)21(27)14-29-13-17-8-10-19(23)11-9-17/h4-11,15-16H,12-14H2,1-3H3,(H,25,28)/t16-/m1/s1. The largest absolute Gasteiger partial charge is 0.352 e. The fraction of sp³-hybridized carbons (Fsp3) is 0.364. The second kappa shape index (κ2) is 11.6. The zero-order valence-corrected chi connectivity index (χ0v) is 20.0. The lowest BCUT2D eigenvalue weighted by Crippen LogP contribution is -2.49. The highest BCUT2D eigenvalue weighted by Gasteiger charge is 2.26. The minimum atomic E-state index is -0.588. The van der Waals surface area contributed by atoms with Gasteiger partial charge in [0.05, 0.1) is 5.75 Å². The number of benzene rings is 2. The summed E-state index contributed by atoms with van der Waals surface area (Å²) in [5, 5.41) is 3.48. The van der Waals surface area contributed by atoms with E-state index in [0.717, 1.165) is 21.4 Å². The van der Waals surface area contributed by atoms with Crippen LogP contribution in [0.15, 0.2) is 53.0 Å². The first-order valence-electron chi connectivity index (χ1n) is 9.43. The molecule has 29 heavy (non-hydrogen) atoms. The van der Waals surface area contributed by atoms with Crippen LogP contribution < -0.4 is 5.32 Å². The third-order valence-corrected chi connectivity index (χ3v) is 6.19. The molecular weight excluding hydrogens is 472 g/mol. The van der Waals surface area contributed by atoms with Crippen molar-refractivity contribution < 1.29 is 9.59 Å². The lowest BCUT2D eigenvalue weighted by molar-refractivity contribution is -0.138. The predicted octanol–water partition coefficient (Wildman–Crippen LogP) is 5.28. The number of amides is 2. The van der Waals surface area contributed by atoms with Gasteiger partial charge in [0, 0.05) is 27.8 Å². The number of carbonyl (C=O) groups excluding carboxylic acids is 2. The van der Waals surface area contributed by atoms with Crippen molar-refractivity contribution in [3.05, 3.63) is 69.2 Å². The molecule has 0 radical (unpaired) electrons. The SMILES string of the molecule is CC(C)NC(=O)[C@@H](C)N(Cc1ccccc1Cl)C(=O)CSCc1ccc(Br)cc1. The Balaban J connectivity index is 2.07. The Labute approximate surface area is 190 Å². The van der Waals surface area contributed by atoms with E-state index < -0.39 is 6.04 Å². The van der Waals surface area contributed by atoms with E-state index in [4.69, 9.17) is 11.6 Å². The summed E-state index contributed by atoms with van der Waals surface area (Å²) >= 11 is 11.2. The maximum Gasteiger partial charge on any atom is 0.242 e. The smallest absolute Gasteiger partial charge is 0.242 e. The van der Waals surface area contributed by atoms with Crippen LogP contribution in [0, 0.1) is 0 Å². The van der Waals surface area contributed by atoms with Gasteiger partial charge >= 0.3 is 0 Å². The molecule has 1 N–H and O–H groups in total. The molecule has 0 aliphatic heterocycles. The summed E-state index contributed by atoms with van der Waals surface area (Å²) in [7, 11) is 0. The molecule has 156 valence electrons. The lowest BCUT2D eigenvalue weighted by atomic mass is 10.1. The van der Waals surface area contributed by atoms with Gasteiger partial charge in [0.15, 0.2) is 0 Å². The molecule has 0 spiro atoms. The van der Waals surface area contributed by atoms with Crippen LogP contribution in [0.4, 0.5) is 0 Å². The summed E-state index contributed by atoms with van der Waals surface area (Å²) in [6.45, 7) is 5.85. The third kappa shape index (κ3) is 7.68. The summed E-state index contributed by atoms with van der Waals surface area (Å²) in [5.74, 6) is 0.766. The topological polar surface area (TPSA) is 49.4 Å². The van der Waals surface area contributed by atoms with E-state index >= 15 is 0 Å². The molecule has 0 aromatic heterocycles. The van der Waals surface area contributed by atoms with Gasteiger partial charge in [-0.25, -0.2) is 0 Å². The fourth-order valence-corrected chi connectivity index (χ4v) is 4.05.